The summed E-state index contributed by atoms with van der Waals surface area (Å²) >= 11 is 0. The largest absolute Gasteiger partial charge is 0.309 e. The molecule has 0 aliphatic rings. The normalized spacial score (nSPS) is 13.9. The Bertz CT molecular complexity index is 528. The van der Waals surface area contributed by atoms with Crippen LogP contribution in [0.4, 0.5) is 4.39 Å². The fourth-order valence-corrected chi connectivity index (χ4v) is 2.43. The first-order chi connectivity index (χ1) is 9.72. The van der Waals surface area contributed by atoms with Crippen molar-refractivity contribution in [1.29, 1.82) is 0 Å². The number of rotatable bonds is 6. The van der Waals surface area contributed by atoms with Crippen molar-refractivity contribution in [2.75, 3.05) is 6.54 Å². The van der Waals surface area contributed by atoms with Gasteiger partial charge >= 0.3 is 0 Å². The molecule has 0 saturated heterocycles. The molecule has 1 aromatic heterocycles. The van der Waals surface area contributed by atoms with Crippen LogP contribution in [-0.4, -0.2) is 11.5 Å². The molecule has 106 valence electrons. The first-order valence-corrected chi connectivity index (χ1v) is 7.11. The fourth-order valence-electron chi connectivity index (χ4n) is 2.43. The van der Waals surface area contributed by atoms with Gasteiger partial charge in [0.1, 0.15) is 5.82 Å². The summed E-state index contributed by atoms with van der Waals surface area (Å²) < 4.78 is 13.4. The number of nitrogens with zero attached hydrogens (tertiary/aromatic N) is 1. The fraction of sp³-hybridized carbons (Fsp3) is 0.353. The third-order valence-corrected chi connectivity index (χ3v) is 3.52. The van der Waals surface area contributed by atoms with E-state index < -0.39 is 0 Å². The number of aromatic nitrogens is 1. The molecule has 0 saturated carbocycles. The zero-order valence-electron chi connectivity index (χ0n) is 12.0. The van der Waals surface area contributed by atoms with E-state index in [1.54, 1.807) is 12.3 Å². The van der Waals surface area contributed by atoms with E-state index >= 15 is 0 Å². The van der Waals surface area contributed by atoms with E-state index in [1.807, 2.05) is 18.2 Å². The lowest BCUT2D eigenvalue weighted by molar-refractivity contribution is 0.462. The van der Waals surface area contributed by atoms with Gasteiger partial charge in [-0.2, -0.15) is 0 Å². The Morgan fingerprint density at radius 3 is 2.55 bits per heavy atom. The van der Waals surface area contributed by atoms with Gasteiger partial charge in [0.25, 0.3) is 0 Å². The molecule has 0 radical (unpaired) electrons. The number of pyridine rings is 1. The molecule has 2 rings (SSSR count). The predicted molar refractivity (Wildman–Crippen MR) is 80.1 cm³/mol. The molecule has 1 heterocycles. The van der Waals surface area contributed by atoms with Crippen LogP contribution in [0.1, 0.15) is 43.4 Å². The summed E-state index contributed by atoms with van der Waals surface area (Å²) in [4.78, 5) is 3.97. The van der Waals surface area contributed by atoms with E-state index in [0.717, 1.165) is 18.5 Å². The van der Waals surface area contributed by atoms with Gasteiger partial charge in [0.15, 0.2) is 0 Å². The monoisotopic (exact) mass is 272 g/mol. The maximum atomic E-state index is 13.4. The van der Waals surface area contributed by atoms with E-state index in [0.29, 0.717) is 0 Å². The van der Waals surface area contributed by atoms with E-state index in [4.69, 9.17) is 0 Å². The van der Waals surface area contributed by atoms with Gasteiger partial charge in [-0.15, -0.1) is 0 Å². The molecule has 2 atom stereocenters. The van der Waals surface area contributed by atoms with Crippen LogP contribution < -0.4 is 5.32 Å². The minimum Gasteiger partial charge on any atom is -0.309 e. The van der Waals surface area contributed by atoms with E-state index in [9.17, 15) is 4.39 Å². The molecule has 0 spiro atoms. The number of benzene rings is 1. The molecule has 2 unspecified atom stereocenters. The van der Waals surface area contributed by atoms with Crippen molar-refractivity contribution >= 4 is 0 Å². The zero-order chi connectivity index (χ0) is 14.4. The van der Waals surface area contributed by atoms with Crippen molar-refractivity contribution in [1.82, 2.24) is 10.3 Å². The highest BCUT2D eigenvalue weighted by Gasteiger charge is 2.20. The van der Waals surface area contributed by atoms with Gasteiger partial charge in [-0.3, -0.25) is 4.98 Å². The number of halogens is 1. The van der Waals surface area contributed by atoms with Crippen molar-refractivity contribution in [3.05, 3.63) is 65.7 Å². The van der Waals surface area contributed by atoms with E-state index in [2.05, 4.69) is 36.3 Å². The first-order valence-electron chi connectivity index (χ1n) is 7.11. The lowest BCUT2D eigenvalue weighted by Gasteiger charge is -2.26. The molecule has 20 heavy (non-hydrogen) atoms. The summed E-state index contributed by atoms with van der Waals surface area (Å²) in [7, 11) is 0. The van der Waals surface area contributed by atoms with Gasteiger partial charge in [-0.1, -0.05) is 44.2 Å². The minimum absolute atomic E-state index is 0.0700. The van der Waals surface area contributed by atoms with Crippen LogP contribution in [-0.2, 0) is 0 Å². The van der Waals surface area contributed by atoms with Crippen LogP contribution in [0.5, 0.6) is 0 Å². The Kier molecular flexibility index (Phi) is 5.24. The summed E-state index contributed by atoms with van der Waals surface area (Å²) in [5.41, 5.74) is 2.14. The maximum absolute atomic E-state index is 13.4. The Balaban J connectivity index is 2.27. The molecule has 3 heteroatoms. The predicted octanol–water partition coefficient (Wildman–Crippen LogP) is 4.07. The summed E-state index contributed by atoms with van der Waals surface area (Å²) in [6.45, 7) is 5.19. The molecular formula is C17H21FN2. The van der Waals surface area contributed by atoms with Crippen LogP contribution in [0, 0.1) is 5.82 Å². The van der Waals surface area contributed by atoms with Gasteiger partial charge in [-0.25, -0.2) is 4.39 Å². The van der Waals surface area contributed by atoms with Gasteiger partial charge in [0.2, 0.25) is 0 Å². The van der Waals surface area contributed by atoms with Gasteiger partial charge in [-0.05, 0) is 30.2 Å². The van der Waals surface area contributed by atoms with E-state index in [1.165, 1.54) is 11.8 Å². The first kappa shape index (κ1) is 14.7. The van der Waals surface area contributed by atoms with Crippen molar-refractivity contribution in [3.63, 3.8) is 0 Å². The number of nitrogens with one attached hydrogen (secondary N) is 1. The van der Waals surface area contributed by atoms with Crippen molar-refractivity contribution in [3.8, 4) is 0 Å². The van der Waals surface area contributed by atoms with Crippen molar-refractivity contribution in [2.24, 2.45) is 0 Å². The van der Waals surface area contributed by atoms with Crippen LogP contribution in [0.25, 0.3) is 0 Å². The highest BCUT2D eigenvalue weighted by Crippen LogP contribution is 2.30. The molecule has 0 amide bonds. The highest BCUT2D eigenvalue weighted by molar-refractivity contribution is 5.26. The molecule has 0 aliphatic carbocycles. The van der Waals surface area contributed by atoms with Crippen LogP contribution in [0.3, 0.4) is 0 Å². The molecule has 2 aromatic rings. The van der Waals surface area contributed by atoms with Crippen LogP contribution >= 0.6 is 0 Å². The molecule has 2 nitrogen and oxygen atoms in total. The molecule has 1 aromatic carbocycles. The molecular weight excluding hydrogens is 251 g/mol. The van der Waals surface area contributed by atoms with Crippen molar-refractivity contribution in [2.45, 2.75) is 32.2 Å². The minimum atomic E-state index is -0.286. The maximum Gasteiger partial charge on any atom is 0.141 e. The average Bonchev–Trinajstić information content (AvgIpc) is 2.48. The summed E-state index contributed by atoms with van der Waals surface area (Å²) in [5.74, 6) is -0.0302. The second-order valence-corrected chi connectivity index (χ2v) is 5.07. The summed E-state index contributed by atoms with van der Waals surface area (Å²) in [5, 5.41) is 3.50. The zero-order valence-corrected chi connectivity index (χ0v) is 12.0. The second-order valence-electron chi connectivity index (χ2n) is 5.07. The molecule has 0 bridgehead atoms. The standard InChI is InChI=1S/C17H21FN2/c1-3-9-20-17(15-10-16(18)12-19-11-15)13(2)14-7-5-4-6-8-14/h4-8,10-13,17,20H,3,9H2,1-2H3. The van der Waals surface area contributed by atoms with Gasteiger partial charge < -0.3 is 5.32 Å². The second kappa shape index (κ2) is 7.15. The Morgan fingerprint density at radius 2 is 1.90 bits per heavy atom. The lowest BCUT2D eigenvalue weighted by atomic mass is 9.89. The average molecular weight is 272 g/mol. The number of hydrogen-bond donors (Lipinski definition) is 1. The number of hydrogen-bond acceptors (Lipinski definition) is 2. The smallest absolute Gasteiger partial charge is 0.141 e. The Labute approximate surface area is 120 Å². The Morgan fingerprint density at radius 1 is 1.15 bits per heavy atom. The quantitative estimate of drug-likeness (QED) is 0.857. The van der Waals surface area contributed by atoms with Crippen molar-refractivity contribution < 1.29 is 4.39 Å². The topological polar surface area (TPSA) is 24.9 Å². The third kappa shape index (κ3) is 3.64. The lowest BCUT2D eigenvalue weighted by Crippen LogP contribution is -2.27. The SMILES string of the molecule is CCCNC(c1cncc(F)c1)C(C)c1ccccc1. The van der Waals surface area contributed by atoms with Gasteiger partial charge in [0, 0.05) is 18.2 Å². The molecule has 0 fully saturated rings. The highest BCUT2D eigenvalue weighted by atomic mass is 19.1. The summed E-state index contributed by atoms with van der Waals surface area (Å²) in [6.07, 6.45) is 4.03. The molecule has 1 N–H and O–H groups in total. The summed E-state index contributed by atoms with van der Waals surface area (Å²) in [6, 6.07) is 11.9. The van der Waals surface area contributed by atoms with E-state index in [-0.39, 0.29) is 17.8 Å². The third-order valence-electron chi connectivity index (χ3n) is 3.52. The van der Waals surface area contributed by atoms with Gasteiger partial charge in [0.05, 0.1) is 6.20 Å². The van der Waals surface area contributed by atoms with Crippen LogP contribution in [0.15, 0.2) is 48.8 Å². The van der Waals surface area contributed by atoms with Crippen LogP contribution in [0.2, 0.25) is 0 Å². The Hall–Kier alpha value is -1.74. The molecule has 0 aliphatic heterocycles.